The highest BCUT2D eigenvalue weighted by molar-refractivity contribution is 6.62. The average Bonchev–Trinajstić information content (AvgIpc) is 2.20. The van der Waals surface area contributed by atoms with Crippen LogP contribution in [-0.2, 0) is 6.54 Å². The molecule has 4 heteroatoms. The second-order valence-corrected chi connectivity index (χ2v) is 4.24. The number of rotatable bonds is 4. The lowest BCUT2D eigenvalue weighted by Crippen LogP contribution is -2.19. The fourth-order valence-electron chi connectivity index (χ4n) is 1.28. The highest BCUT2D eigenvalue weighted by Gasteiger charge is 2.05. The van der Waals surface area contributed by atoms with Gasteiger partial charge < -0.3 is 9.64 Å². The number of benzene rings is 1. The number of hydrogen-bond acceptors (Lipinski definition) is 2. The van der Waals surface area contributed by atoms with E-state index in [1.165, 1.54) is 4.90 Å². The maximum Gasteiger partial charge on any atom is 0.316 e. The SMILES string of the molecule is CC(C)Oc1ccc(CN(C)C(=O)Cl)cc1. The number of ether oxygens (including phenoxy) is 1. The van der Waals surface area contributed by atoms with Crippen LogP contribution in [0.5, 0.6) is 5.75 Å². The van der Waals surface area contributed by atoms with E-state index in [1.807, 2.05) is 38.1 Å². The number of hydrogen-bond donors (Lipinski definition) is 0. The fraction of sp³-hybridized carbons (Fsp3) is 0.417. The largest absolute Gasteiger partial charge is 0.491 e. The van der Waals surface area contributed by atoms with Crippen LogP contribution >= 0.6 is 11.6 Å². The molecule has 1 aromatic rings. The van der Waals surface area contributed by atoms with E-state index in [1.54, 1.807) is 7.05 Å². The van der Waals surface area contributed by atoms with Crippen LogP contribution in [0.25, 0.3) is 0 Å². The highest BCUT2D eigenvalue weighted by Crippen LogP contribution is 2.15. The molecule has 0 saturated carbocycles. The van der Waals surface area contributed by atoms with Crippen LogP contribution in [0.3, 0.4) is 0 Å². The molecule has 0 aliphatic rings. The third-order valence-corrected chi connectivity index (χ3v) is 2.30. The summed E-state index contributed by atoms with van der Waals surface area (Å²) in [5.41, 5.74) is 1.02. The zero-order valence-electron chi connectivity index (χ0n) is 9.74. The molecule has 88 valence electrons. The lowest BCUT2D eigenvalue weighted by molar-refractivity contribution is 0.230. The maximum absolute atomic E-state index is 10.8. The molecule has 0 atom stereocenters. The summed E-state index contributed by atoms with van der Waals surface area (Å²) in [4.78, 5) is 12.3. The molecule has 0 aromatic heterocycles. The molecule has 16 heavy (non-hydrogen) atoms. The van der Waals surface area contributed by atoms with E-state index in [0.717, 1.165) is 11.3 Å². The van der Waals surface area contributed by atoms with Gasteiger partial charge in [-0.05, 0) is 43.1 Å². The predicted molar refractivity (Wildman–Crippen MR) is 64.9 cm³/mol. The van der Waals surface area contributed by atoms with E-state index in [9.17, 15) is 4.79 Å². The van der Waals surface area contributed by atoms with Gasteiger partial charge in [0.1, 0.15) is 5.75 Å². The van der Waals surface area contributed by atoms with Crippen LogP contribution in [0, 0.1) is 0 Å². The van der Waals surface area contributed by atoms with E-state index >= 15 is 0 Å². The molecule has 0 unspecified atom stereocenters. The summed E-state index contributed by atoms with van der Waals surface area (Å²) in [5, 5.41) is -0.456. The van der Waals surface area contributed by atoms with Gasteiger partial charge in [0.2, 0.25) is 0 Å². The van der Waals surface area contributed by atoms with E-state index in [4.69, 9.17) is 16.3 Å². The number of nitrogens with zero attached hydrogens (tertiary/aromatic N) is 1. The summed E-state index contributed by atoms with van der Waals surface area (Å²) in [6, 6.07) is 7.63. The number of amides is 1. The van der Waals surface area contributed by atoms with E-state index in [0.29, 0.717) is 6.54 Å². The molecule has 0 aliphatic carbocycles. The Morgan fingerprint density at radius 3 is 2.38 bits per heavy atom. The summed E-state index contributed by atoms with van der Waals surface area (Å²) < 4.78 is 5.51. The standard InChI is InChI=1S/C12H16ClNO2/c1-9(2)16-11-6-4-10(5-7-11)8-14(3)12(13)15/h4-7,9H,8H2,1-3H3. The molecule has 0 fully saturated rings. The zero-order chi connectivity index (χ0) is 12.1. The van der Waals surface area contributed by atoms with Gasteiger partial charge in [0.15, 0.2) is 0 Å². The number of carbonyl (C=O) groups is 1. The van der Waals surface area contributed by atoms with Crippen LogP contribution in [0.15, 0.2) is 24.3 Å². The summed E-state index contributed by atoms with van der Waals surface area (Å²) in [6.07, 6.45) is 0.165. The lowest BCUT2D eigenvalue weighted by atomic mass is 10.2. The van der Waals surface area contributed by atoms with E-state index in [-0.39, 0.29) is 6.10 Å². The van der Waals surface area contributed by atoms with Crippen molar-refractivity contribution < 1.29 is 9.53 Å². The Balaban J connectivity index is 2.61. The zero-order valence-corrected chi connectivity index (χ0v) is 10.5. The van der Waals surface area contributed by atoms with Gasteiger partial charge in [-0.2, -0.15) is 0 Å². The van der Waals surface area contributed by atoms with Crippen molar-refractivity contribution in [3.8, 4) is 5.75 Å². The van der Waals surface area contributed by atoms with Gasteiger partial charge in [-0.3, -0.25) is 4.79 Å². The van der Waals surface area contributed by atoms with Crippen molar-refractivity contribution >= 4 is 17.0 Å². The smallest absolute Gasteiger partial charge is 0.316 e. The minimum absolute atomic E-state index is 0.165. The summed E-state index contributed by atoms with van der Waals surface area (Å²) >= 11 is 5.34. The first-order valence-corrected chi connectivity index (χ1v) is 5.53. The molecule has 0 saturated heterocycles. The third-order valence-electron chi connectivity index (χ3n) is 2.01. The molecule has 0 heterocycles. The normalized spacial score (nSPS) is 10.3. The first kappa shape index (κ1) is 12.8. The summed E-state index contributed by atoms with van der Waals surface area (Å²) in [6.45, 7) is 4.46. The molecular weight excluding hydrogens is 226 g/mol. The molecule has 1 amide bonds. The second kappa shape index (κ2) is 5.75. The molecule has 1 rings (SSSR count). The second-order valence-electron chi connectivity index (χ2n) is 3.92. The Labute approximate surface area is 101 Å². The van der Waals surface area contributed by atoms with Crippen molar-refractivity contribution in [3.05, 3.63) is 29.8 Å². The minimum atomic E-state index is -0.456. The van der Waals surface area contributed by atoms with Crippen molar-refractivity contribution in [3.63, 3.8) is 0 Å². The van der Waals surface area contributed by atoms with Crippen molar-refractivity contribution in [1.82, 2.24) is 4.90 Å². The number of carbonyl (C=O) groups excluding carboxylic acids is 1. The van der Waals surface area contributed by atoms with Crippen LogP contribution in [0.4, 0.5) is 4.79 Å². The molecule has 0 N–H and O–H groups in total. The first-order valence-electron chi connectivity index (χ1n) is 5.15. The topological polar surface area (TPSA) is 29.5 Å². The Kier molecular flexibility index (Phi) is 4.62. The quantitative estimate of drug-likeness (QED) is 0.598. The van der Waals surface area contributed by atoms with Crippen LogP contribution < -0.4 is 4.74 Å². The highest BCUT2D eigenvalue weighted by atomic mass is 35.5. The Bertz CT molecular complexity index is 349. The van der Waals surface area contributed by atoms with Crippen molar-refractivity contribution in [2.45, 2.75) is 26.5 Å². The van der Waals surface area contributed by atoms with E-state index in [2.05, 4.69) is 0 Å². The molecule has 3 nitrogen and oxygen atoms in total. The summed E-state index contributed by atoms with van der Waals surface area (Å²) in [5.74, 6) is 0.832. The van der Waals surface area contributed by atoms with Gasteiger partial charge in [0, 0.05) is 13.6 Å². The lowest BCUT2D eigenvalue weighted by Gasteiger charge is -2.14. The average molecular weight is 242 g/mol. The van der Waals surface area contributed by atoms with Gasteiger partial charge in [-0.25, -0.2) is 0 Å². The predicted octanol–water partition coefficient (Wildman–Crippen LogP) is 3.26. The van der Waals surface area contributed by atoms with Crippen molar-refractivity contribution in [1.29, 1.82) is 0 Å². The Morgan fingerprint density at radius 2 is 1.94 bits per heavy atom. The van der Waals surface area contributed by atoms with Crippen molar-refractivity contribution in [2.75, 3.05) is 7.05 Å². The monoisotopic (exact) mass is 241 g/mol. The molecule has 0 aliphatic heterocycles. The Morgan fingerprint density at radius 1 is 1.38 bits per heavy atom. The molecule has 1 aromatic carbocycles. The van der Waals surface area contributed by atoms with Crippen molar-refractivity contribution in [2.24, 2.45) is 0 Å². The minimum Gasteiger partial charge on any atom is -0.491 e. The fourth-order valence-corrected chi connectivity index (χ4v) is 1.34. The molecule has 0 spiro atoms. The van der Waals surface area contributed by atoms with E-state index < -0.39 is 5.37 Å². The van der Waals surface area contributed by atoms with Crippen LogP contribution in [0.2, 0.25) is 0 Å². The molecule has 0 radical (unpaired) electrons. The van der Waals surface area contributed by atoms with Gasteiger partial charge in [-0.1, -0.05) is 12.1 Å². The van der Waals surface area contributed by atoms with Gasteiger partial charge >= 0.3 is 5.37 Å². The first-order chi connectivity index (χ1) is 7.49. The third kappa shape index (κ3) is 4.11. The van der Waals surface area contributed by atoms with Gasteiger partial charge in [0.05, 0.1) is 6.10 Å². The summed E-state index contributed by atoms with van der Waals surface area (Å²) in [7, 11) is 1.66. The van der Waals surface area contributed by atoms with Crippen LogP contribution in [-0.4, -0.2) is 23.4 Å². The molecular formula is C12H16ClNO2. The van der Waals surface area contributed by atoms with Gasteiger partial charge in [-0.15, -0.1) is 0 Å². The number of halogens is 1. The van der Waals surface area contributed by atoms with Crippen LogP contribution in [0.1, 0.15) is 19.4 Å². The Hall–Kier alpha value is -1.22. The van der Waals surface area contributed by atoms with Gasteiger partial charge in [0.25, 0.3) is 0 Å². The molecule has 0 bridgehead atoms. The maximum atomic E-state index is 10.8.